The molecule has 0 fully saturated rings. The van der Waals surface area contributed by atoms with Gasteiger partial charge in [-0.2, -0.15) is 0 Å². The Balaban J connectivity index is 2.34. The fourth-order valence-electron chi connectivity index (χ4n) is 1.34. The standard InChI is InChI=1S/C11H17NO4/c1-2-3-4-5-6-11(15)16-12-9(13)7-8-10(12)14/h7-8,13-14H,2-6H2,1H3. The molecular formula is C11H17NO4. The van der Waals surface area contributed by atoms with E-state index >= 15 is 0 Å². The Labute approximate surface area is 94.2 Å². The third-order valence-corrected chi connectivity index (χ3v) is 2.23. The minimum Gasteiger partial charge on any atom is -0.492 e. The van der Waals surface area contributed by atoms with Gasteiger partial charge in [0.15, 0.2) is 0 Å². The second kappa shape index (κ2) is 6.05. The van der Waals surface area contributed by atoms with Crippen LogP contribution in [0.4, 0.5) is 0 Å². The molecule has 0 aliphatic rings. The highest BCUT2D eigenvalue weighted by Gasteiger charge is 2.11. The maximum atomic E-state index is 11.3. The van der Waals surface area contributed by atoms with E-state index in [0.29, 0.717) is 4.73 Å². The van der Waals surface area contributed by atoms with E-state index in [4.69, 9.17) is 4.84 Å². The summed E-state index contributed by atoms with van der Waals surface area (Å²) in [4.78, 5) is 16.1. The van der Waals surface area contributed by atoms with E-state index in [1.165, 1.54) is 12.1 Å². The molecule has 0 unspecified atom stereocenters. The van der Waals surface area contributed by atoms with E-state index in [9.17, 15) is 15.0 Å². The van der Waals surface area contributed by atoms with Crippen LogP contribution in [0.1, 0.15) is 39.0 Å². The van der Waals surface area contributed by atoms with Crippen molar-refractivity contribution >= 4 is 5.97 Å². The van der Waals surface area contributed by atoms with Crippen LogP contribution in [0.15, 0.2) is 12.1 Å². The largest absolute Gasteiger partial charge is 0.492 e. The predicted molar refractivity (Wildman–Crippen MR) is 58.1 cm³/mol. The molecule has 0 bridgehead atoms. The third-order valence-electron chi connectivity index (χ3n) is 2.23. The number of aromatic nitrogens is 1. The maximum Gasteiger partial charge on any atom is 0.333 e. The first kappa shape index (κ1) is 12.4. The number of carbonyl (C=O) groups is 1. The lowest BCUT2D eigenvalue weighted by Gasteiger charge is -2.06. The topological polar surface area (TPSA) is 71.7 Å². The van der Waals surface area contributed by atoms with Crippen LogP contribution in [0.5, 0.6) is 11.8 Å². The summed E-state index contributed by atoms with van der Waals surface area (Å²) in [6.45, 7) is 2.09. The first-order valence-corrected chi connectivity index (χ1v) is 5.46. The van der Waals surface area contributed by atoms with Crippen molar-refractivity contribution in [2.45, 2.75) is 39.0 Å². The van der Waals surface area contributed by atoms with E-state index in [2.05, 4.69) is 6.92 Å². The summed E-state index contributed by atoms with van der Waals surface area (Å²) >= 11 is 0. The molecule has 0 aliphatic carbocycles. The highest BCUT2D eigenvalue weighted by atomic mass is 16.7. The molecular weight excluding hydrogens is 210 g/mol. The zero-order valence-corrected chi connectivity index (χ0v) is 9.35. The molecule has 90 valence electrons. The van der Waals surface area contributed by atoms with Crippen molar-refractivity contribution in [1.82, 2.24) is 4.73 Å². The molecule has 0 saturated heterocycles. The van der Waals surface area contributed by atoms with Crippen LogP contribution in [0.3, 0.4) is 0 Å². The zero-order chi connectivity index (χ0) is 12.0. The van der Waals surface area contributed by atoms with Crippen LogP contribution >= 0.6 is 0 Å². The number of hydrogen-bond donors (Lipinski definition) is 2. The Bertz CT molecular complexity index is 326. The minimum atomic E-state index is -0.460. The van der Waals surface area contributed by atoms with E-state index in [1.54, 1.807) is 0 Å². The number of nitrogens with zero attached hydrogens (tertiary/aromatic N) is 1. The SMILES string of the molecule is CCCCCCC(=O)On1c(O)ccc1O. The smallest absolute Gasteiger partial charge is 0.333 e. The number of carbonyl (C=O) groups excluding carboxylic acids is 1. The van der Waals surface area contributed by atoms with Gasteiger partial charge in [-0.3, -0.25) is 0 Å². The van der Waals surface area contributed by atoms with Crippen LogP contribution in [0.25, 0.3) is 0 Å². The van der Waals surface area contributed by atoms with Gasteiger partial charge in [0.2, 0.25) is 11.8 Å². The molecule has 5 heteroatoms. The Hall–Kier alpha value is -1.65. The van der Waals surface area contributed by atoms with Crippen molar-refractivity contribution in [3.63, 3.8) is 0 Å². The van der Waals surface area contributed by atoms with Gasteiger partial charge in [-0.1, -0.05) is 26.2 Å². The number of rotatable bonds is 6. The van der Waals surface area contributed by atoms with E-state index in [1.807, 2.05) is 0 Å². The van der Waals surface area contributed by atoms with E-state index < -0.39 is 5.97 Å². The second-order valence-corrected chi connectivity index (χ2v) is 3.62. The van der Waals surface area contributed by atoms with Gasteiger partial charge in [-0.05, 0) is 6.42 Å². The lowest BCUT2D eigenvalue weighted by molar-refractivity contribution is -0.145. The van der Waals surface area contributed by atoms with Crippen LogP contribution in [-0.2, 0) is 4.79 Å². The molecule has 0 atom stereocenters. The molecule has 2 N–H and O–H groups in total. The summed E-state index contributed by atoms with van der Waals surface area (Å²) in [5.74, 6) is -1.04. The van der Waals surface area contributed by atoms with Gasteiger partial charge >= 0.3 is 5.97 Å². The average molecular weight is 227 g/mol. The Morgan fingerprint density at radius 3 is 2.44 bits per heavy atom. The highest BCUT2D eigenvalue weighted by Crippen LogP contribution is 2.18. The van der Waals surface area contributed by atoms with Crippen molar-refractivity contribution in [2.75, 3.05) is 0 Å². The fraction of sp³-hybridized carbons (Fsp3) is 0.545. The average Bonchev–Trinajstić information content (AvgIpc) is 2.56. The van der Waals surface area contributed by atoms with Crippen molar-refractivity contribution in [3.05, 3.63) is 12.1 Å². The normalized spacial score (nSPS) is 10.3. The van der Waals surface area contributed by atoms with Gasteiger partial charge in [-0.25, -0.2) is 4.79 Å². The lowest BCUT2D eigenvalue weighted by Crippen LogP contribution is -2.18. The molecule has 1 heterocycles. The third kappa shape index (κ3) is 3.49. The van der Waals surface area contributed by atoms with Gasteiger partial charge in [0.1, 0.15) is 0 Å². The van der Waals surface area contributed by atoms with Crippen LogP contribution < -0.4 is 4.84 Å². The maximum absolute atomic E-state index is 11.3. The van der Waals surface area contributed by atoms with Gasteiger partial charge in [0, 0.05) is 18.6 Å². The quantitative estimate of drug-likeness (QED) is 0.727. The fourth-order valence-corrected chi connectivity index (χ4v) is 1.34. The lowest BCUT2D eigenvalue weighted by atomic mass is 10.2. The summed E-state index contributed by atoms with van der Waals surface area (Å²) in [5, 5.41) is 18.4. The van der Waals surface area contributed by atoms with E-state index in [-0.39, 0.29) is 18.2 Å². The zero-order valence-electron chi connectivity index (χ0n) is 9.35. The van der Waals surface area contributed by atoms with Crippen LogP contribution in [-0.4, -0.2) is 20.9 Å². The molecule has 1 aromatic rings. The van der Waals surface area contributed by atoms with Gasteiger partial charge < -0.3 is 15.1 Å². The predicted octanol–water partition coefficient (Wildman–Crippen LogP) is 1.82. The van der Waals surface area contributed by atoms with Crippen molar-refractivity contribution in [2.24, 2.45) is 0 Å². The summed E-state index contributed by atoms with van der Waals surface area (Å²) in [6.07, 6.45) is 4.23. The highest BCUT2D eigenvalue weighted by molar-refractivity contribution is 5.69. The molecule has 5 nitrogen and oxygen atoms in total. The molecule has 0 saturated carbocycles. The molecule has 0 aromatic carbocycles. The van der Waals surface area contributed by atoms with E-state index in [0.717, 1.165) is 25.7 Å². The monoisotopic (exact) mass is 227 g/mol. The van der Waals surface area contributed by atoms with Crippen molar-refractivity contribution in [1.29, 1.82) is 0 Å². The van der Waals surface area contributed by atoms with Gasteiger partial charge in [0.25, 0.3) is 0 Å². The van der Waals surface area contributed by atoms with Crippen molar-refractivity contribution < 1.29 is 19.8 Å². The summed E-state index contributed by atoms with van der Waals surface area (Å²) in [6, 6.07) is 2.50. The molecule has 0 amide bonds. The molecule has 0 spiro atoms. The van der Waals surface area contributed by atoms with Gasteiger partial charge in [-0.15, -0.1) is 4.73 Å². The Kier molecular flexibility index (Phi) is 4.69. The Morgan fingerprint density at radius 1 is 1.25 bits per heavy atom. The first-order chi connectivity index (χ1) is 7.65. The van der Waals surface area contributed by atoms with Gasteiger partial charge in [0.05, 0.1) is 0 Å². The molecule has 1 aromatic heterocycles. The number of hydrogen-bond acceptors (Lipinski definition) is 4. The Morgan fingerprint density at radius 2 is 1.88 bits per heavy atom. The van der Waals surface area contributed by atoms with Crippen molar-refractivity contribution in [3.8, 4) is 11.8 Å². The molecule has 0 aliphatic heterocycles. The van der Waals surface area contributed by atoms with Crippen LogP contribution in [0, 0.1) is 0 Å². The summed E-state index contributed by atoms with van der Waals surface area (Å²) in [7, 11) is 0. The number of unbranched alkanes of at least 4 members (excludes halogenated alkanes) is 3. The number of aromatic hydroxyl groups is 2. The van der Waals surface area contributed by atoms with Crippen LogP contribution in [0.2, 0.25) is 0 Å². The minimum absolute atomic E-state index is 0.289. The summed E-state index contributed by atoms with van der Waals surface area (Å²) in [5.41, 5.74) is 0. The second-order valence-electron chi connectivity index (χ2n) is 3.62. The summed E-state index contributed by atoms with van der Waals surface area (Å²) < 4.78 is 0.710. The molecule has 1 rings (SSSR count). The molecule has 16 heavy (non-hydrogen) atoms. The first-order valence-electron chi connectivity index (χ1n) is 5.46. The molecule has 0 radical (unpaired) electrons.